The van der Waals surface area contributed by atoms with Crippen LogP contribution in [0.2, 0.25) is 0 Å². The lowest BCUT2D eigenvalue weighted by Gasteiger charge is -2.41. The van der Waals surface area contributed by atoms with Crippen molar-refractivity contribution in [2.45, 2.75) is 37.1 Å². The molecule has 1 aromatic rings. The Labute approximate surface area is 143 Å². The Kier molecular flexibility index (Phi) is 4.92. The van der Waals surface area contributed by atoms with Crippen LogP contribution in [-0.4, -0.2) is 48.8 Å². The van der Waals surface area contributed by atoms with E-state index in [1.165, 1.54) is 12.1 Å². The van der Waals surface area contributed by atoms with Crippen LogP contribution in [0.4, 0.5) is 13.2 Å². The minimum atomic E-state index is -4.40. The molecule has 2 saturated heterocycles. The molecule has 2 aliphatic rings. The topological polar surface area (TPSA) is 64.8 Å². The van der Waals surface area contributed by atoms with E-state index in [4.69, 9.17) is 15.2 Å². The lowest BCUT2D eigenvalue weighted by atomic mass is 9.87. The van der Waals surface area contributed by atoms with E-state index in [9.17, 15) is 18.0 Å². The maximum atomic E-state index is 12.8. The fraction of sp³-hybridized carbons (Fsp3) is 0.588. The highest BCUT2D eigenvalue weighted by Crippen LogP contribution is 2.34. The van der Waals surface area contributed by atoms with Gasteiger partial charge >= 0.3 is 6.18 Å². The van der Waals surface area contributed by atoms with Crippen LogP contribution in [0.3, 0.4) is 0 Å². The molecule has 1 amide bonds. The number of ether oxygens (including phenoxy) is 2. The number of hydrogen-bond donors (Lipinski definition) is 1. The highest BCUT2D eigenvalue weighted by atomic mass is 19.4. The number of alkyl halides is 3. The van der Waals surface area contributed by atoms with E-state index < -0.39 is 17.3 Å². The van der Waals surface area contributed by atoms with Crippen LogP contribution >= 0.6 is 0 Å². The molecule has 0 aliphatic carbocycles. The fourth-order valence-electron chi connectivity index (χ4n) is 3.58. The number of rotatable bonds is 4. The number of benzene rings is 1. The second-order valence-corrected chi connectivity index (χ2v) is 6.51. The average Bonchev–Trinajstić information content (AvgIpc) is 3.04. The molecule has 138 valence electrons. The highest BCUT2D eigenvalue weighted by molar-refractivity contribution is 5.84. The lowest BCUT2D eigenvalue weighted by molar-refractivity contribution is -0.138. The van der Waals surface area contributed by atoms with Gasteiger partial charge < -0.3 is 15.2 Å². The average molecular weight is 358 g/mol. The molecule has 2 aliphatic heterocycles. The minimum absolute atomic E-state index is 0.182. The molecule has 0 radical (unpaired) electrons. The largest absolute Gasteiger partial charge is 0.489 e. The fourth-order valence-corrected chi connectivity index (χ4v) is 3.58. The Balaban J connectivity index is 1.68. The van der Waals surface area contributed by atoms with Gasteiger partial charge in [-0.25, -0.2) is 0 Å². The molecule has 0 saturated carbocycles. The third-order valence-electron chi connectivity index (χ3n) is 4.99. The van der Waals surface area contributed by atoms with Gasteiger partial charge in [0.2, 0.25) is 5.91 Å². The summed E-state index contributed by atoms with van der Waals surface area (Å²) in [5.41, 5.74) is 4.16. The van der Waals surface area contributed by atoms with Crippen molar-refractivity contribution in [1.82, 2.24) is 4.90 Å². The van der Waals surface area contributed by atoms with E-state index in [-0.39, 0.29) is 17.8 Å². The monoisotopic (exact) mass is 358 g/mol. The van der Waals surface area contributed by atoms with Crippen LogP contribution in [-0.2, 0) is 15.7 Å². The first kappa shape index (κ1) is 18.0. The summed E-state index contributed by atoms with van der Waals surface area (Å²) in [7, 11) is 0. The van der Waals surface area contributed by atoms with Crippen LogP contribution in [0.1, 0.15) is 24.8 Å². The molecule has 0 spiro atoms. The second kappa shape index (κ2) is 6.84. The maximum Gasteiger partial charge on any atom is 0.416 e. The molecule has 3 rings (SSSR count). The SMILES string of the molecule is NC(=O)C1(N2CC[C@@H](Oc3cccc(C(F)(F)F)c3)C2)CCOCC1. The zero-order valence-electron chi connectivity index (χ0n) is 13.7. The summed E-state index contributed by atoms with van der Waals surface area (Å²) >= 11 is 0. The van der Waals surface area contributed by atoms with Crippen molar-refractivity contribution in [3.63, 3.8) is 0 Å². The smallest absolute Gasteiger partial charge is 0.416 e. The molecule has 8 heteroatoms. The predicted molar refractivity (Wildman–Crippen MR) is 84.0 cm³/mol. The molecule has 0 aromatic heterocycles. The van der Waals surface area contributed by atoms with Gasteiger partial charge in [-0.05, 0) is 37.5 Å². The molecule has 2 fully saturated rings. The summed E-state index contributed by atoms with van der Waals surface area (Å²) in [6.07, 6.45) is -3.00. The predicted octanol–water partition coefficient (Wildman–Crippen LogP) is 2.19. The van der Waals surface area contributed by atoms with Crippen molar-refractivity contribution in [1.29, 1.82) is 0 Å². The number of halogens is 3. The van der Waals surface area contributed by atoms with Crippen molar-refractivity contribution >= 4 is 5.91 Å². The van der Waals surface area contributed by atoms with Gasteiger partial charge in [0, 0.05) is 26.3 Å². The summed E-state index contributed by atoms with van der Waals surface area (Å²) in [5.74, 6) is -0.197. The van der Waals surface area contributed by atoms with Crippen molar-refractivity contribution in [3.8, 4) is 5.75 Å². The van der Waals surface area contributed by atoms with Gasteiger partial charge in [-0.1, -0.05) is 6.07 Å². The van der Waals surface area contributed by atoms with Gasteiger partial charge in [-0.15, -0.1) is 0 Å². The van der Waals surface area contributed by atoms with E-state index in [0.717, 1.165) is 12.1 Å². The van der Waals surface area contributed by atoms with E-state index in [2.05, 4.69) is 0 Å². The normalized spacial score (nSPS) is 24.2. The van der Waals surface area contributed by atoms with Gasteiger partial charge in [0.05, 0.1) is 5.56 Å². The Bertz CT molecular complexity index is 630. The molecule has 0 bridgehead atoms. The first-order chi connectivity index (χ1) is 11.8. The third kappa shape index (κ3) is 3.74. The first-order valence-corrected chi connectivity index (χ1v) is 8.28. The van der Waals surface area contributed by atoms with Gasteiger partial charge in [-0.2, -0.15) is 13.2 Å². The van der Waals surface area contributed by atoms with Crippen molar-refractivity contribution in [3.05, 3.63) is 29.8 Å². The van der Waals surface area contributed by atoms with Gasteiger partial charge in [0.1, 0.15) is 17.4 Å². The van der Waals surface area contributed by atoms with Gasteiger partial charge in [0.15, 0.2) is 0 Å². The van der Waals surface area contributed by atoms with Crippen molar-refractivity contribution < 1.29 is 27.4 Å². The number of carbonyl (C=O) groups is 1. The molecular formula is C17H21F3N2O3. The number of carbonyl (C=O) groups excluding carboxylic acids is 1. The van der Waals surface area contributed by atoms with E-state index in [0.29, 0.717) is 45.6 Å². The number of nitrogens with two attached hydrogens (primary N) is 1. The Hall–Kier alpha value is -1.80. The lowest BCUT2D eigenvalue weighted by Crippen LogP contribution is -2.59. The molecule has 2 heterocycles. The Morgan fingerprint density at radius 3 is 2.68 bits per heavy atom. The summed E-state index contributed by atoms with van der Waals surface area (Å²) in [4.78, 5) is 14.0. The van der Waals surface area contributed by atoms with E-state index in [1.807, 2.05) is 4.90 Å². The second-order valence-electron chi connectivity index (χ2n) is 6.51. The Morgan fingerprint density at radius 2 is 2.04 bits per heavy atom. The van der Waals surface area contributed by atoms with Crippen LogP contribution in [0, 0.1) is 0 Å². The van der Waals surface area contributed by atoms with Crippen molar-refractivity contribution in [2.75, 3.05) is 26.3 Å². The van der Waals surface area contributed by atoms with Crippen LogP contribution in [0.5, 0.6) is 5.75 Å². The van der Waals surface area contributed by atoms with Crippen molar-refractivity contribution in [2.24, 2.45) is 5.73 Å². The quantitative estimate of drug-likeness (QED) is 0.896. The first-order valence-electron chi connectivity index (χ1n) is 8.28. The molecule has 1 aromatic carbocycles. The van der Waals surface area contributed by atoms with E-state index >= 15 is 0 Å². The molecule has 2 N–H and O–H groups in total. The molecular weight excluding hydrogens is 337 g/mol. The molecule has 1 atom stereocenters. The minimum Gasteiger partial charge on any atom is -0.489 e. The zero-order chi connectivity index (χ0) is 18.1. The van der Waals surface area contributed by atoms with Gasteiger partial charge in [0.25, 0.3) is 0 Å². The third-order valence-corrected chi connectivity index (χ3v) is 4.99. The number of amides is 1. The van der Waals surface area contributed by atoms with Gasteiger partial charge in [-0.3, -0.25) is 9.69 Å². The standard InChI is InChI=1S/C17H21F3N2O3/c18-17(19,20)12-2-1-3-13(10-12)25-14-4-7-22(11-14)16(15(21)23)5-8-24-9-6-16/h1-3,10,14H,4-9,11H2,(H2,21,23)/t14-/m1/s1. The van der Waals surface area contributed by atoms with Crippen LogP contribution < -0.4 is 10.5 Å². The highest BCUT2D eigenvalue weighted by Gasteiger charge is 2.46. The Morgan fingerprint density at radius 1 is 1.32 bits per heavy atom. The number of likely N-dealkylation sites (tertiary alicyclic amines) is 1. The maximum absolute atomic E-state index is 12.8. The molecule has 0 unspecified atom stereocenters. The molecule has 25 heavy (non-hydrogen) atoms. The summed E-state index contributed by atoms with van der Waals surface area (Å²) in [6.45, 7) is 2.02. The van der Waals surface area contributed by atoms with Crippen LogP contribution in [0.15, 0.2) is 24.3 Å². The van der Waals surface area contributed by atoms with E-state index in [1.54, 1.807) is 0 Å². The molecule has 5 nitrogen and oxygen atoms in total. The number of nitrogens with zero attached hydrogens (tertiary/aromatic N) is 1. The zero-order valence-corrected chi connectivity index (χ0v) is 13.7. The number of hydrogen-bond acceptors (Lipinski definition) is 4. The van der Waals surface area contributed by atoms with Crippen LogP contribution in [0.25, 0.3) is 0 Å². The summed E-state index contributed by atoms with van der Waals surface area (Å²) in [6, 6.07) is 4.85. The summed E-state index contributed by atoms with van der Waals surface area (Å²) in [5, 5.41) is 0. The summed E-state index contributed by atoms with van der Waals surface area (Å²) < 4.78 is 49.5. The number of primary amides is 1.